The Kier molecular flexibility index (Phi) is 14.0. The van der Waals surface area contributed by atoms with Crippen LogP contribution in [-0.2, 0) is 46.6 Å². The van der Waals surface area contributed by atoms with Gasteiger partial charge in [0.1, 0.15) is 37.2 Å². The number of hydrogen-bond acceptors (Lipinski definition) is 14. The number of aromatic nitrogens is 12. The number of halogens is 5. The van der Waals surface area contributed by atoms with Crippen molar-refractivity contribution in [3.05, 3.63) is 139 Å². The van der Waals surface area contributed by atoms with E-state index in [9.17, 15) is 36.7 Å². The molecule has 6 aromatic heterocycles. The van der Waals surface area contributed by atoms with Crippen LogP contribution in [-0.4, -0.2) is 76.7 Å². The number of aromatic amines is 1. The maximum atomic E-state index is 12.6. The zero-order valence-electron chi connectivity index (χ0n) is 31.9. The van der Waals surface area contributed by atoms with Gasteiger partial charge in [-0.25, -0.2) is 34.6 Å². The van der Waals surface area contributed by atoms with Crippen molar-refractivity contribution < 1.29 is 35.9 Å². The Bertz CT molecular complexity index is 2940. The molecule has 8 aromatic rings. The Morgan fingerprint density at radius 2 is 1.15 bits per heavy atom. The van der Waals surface area contributed by atoms with Crippen LogP contribution in [0.1, 0.15) is 22.9 Å². The van der Waals surface area contributed by atoms with E-state index in [1.807, 2.05) is 0 Å². The fourth-order valence-corrected chi connectivity index (χ4v) is 6.02. The van der Waals surface area contributed by atoms with Crippen LogP contribution in [0.5, 0.6) is 11.5 Å². The van der Waals surface area contributed by atoms with Gasteiger partial charge in [0.15, 0.2) is 22.3 Å². The summed E-state index contributed by atoms with van der Waals surface area (Å²) in [5, 5.41) is 10.7. The van der Waals surface area contributed by atoms with E-state index in [4.69, 9.17) is 8.83 Å². The molecule has 0 saturated heterocycles. The number of hydrogen-bond donors (Lipinski definition) is 1. The molecule has 0 aliphatic rings. The van der Waals surface area contributed by atoms with Gasteiger partial charge in [0.25, 0.3) is 11.1 Å². The van der Waals surface area contributed by atoms with E-state index in [-0.39, 0.29) is 54.0 Å². The topological polar surface area (TPSA) is 231 Å². The lowest BCUT2D eigenvalue weighted by Crippen LogP contribution is -2.22. The van der Waals surface area contributed by atoms with Crippen LogP contribution in [0.4, 0.5) is 17.6 Å². The molecule has 0 bridgehead atoms. The maximum Gasteiger partial charge on any atom is 0.437 e. The van der Waals surface area contributed by atoms with Crippen molar-refractivity contribution in [3.8, 4) is 11.5 Å². The molecule has 0 aliphatic carbocycles. The van der Waals surface area contributed by atoms with Crippen molar-refractivity contribution in [2.45, 2.75) is 45.7 Å². The molecule has 320 valence electrons. The predicted octanol–water partition coefficient (Wildman–Crippen LogP) is 3.25. The van der Waals surface area contributed by atoms with Crippen LogP contribution in [0.25, 0.3) is 22.3 Å². The van der Waals surface area contributed by atoms with Crippen LogP contribution < -0.4 is 32.1 Å². The van der Waals surface area contributed by atoms with E-state index in [0.717, 1.165) is 27.6 Å². The Morgan fingerprint density at radius 3 is 1.61 bits per heavy atom. The standard InChI is InChI=1S/C18H16F2N6O4.C9H9BrF2O.C9H8N6O3/c1-24-9-21-15-14(24)16(27)25(10-22-15)8-13-23-26(18(28)30-13)7-6-11-2-4-12(5-3-11)29-17(19)20;10-6-5-7-1-3-8(4-2-7)13-9(11)12;1-14-3-10-7-6(14)8(16)15(4-11-7)2-5-12-13-9(17)18-5/h2-5,9-10,17H,6-8H2,1H3;1-4,9H,5-6H2;3-4H,2H2,1H3,(H,13,17). The quantitative estimate of drug-likeness (QED) is 0.129. The third-order valence-electron chi connectivity index (χ3n) is 8.44. The number of aryl methyl sites for hydroxylation is 5. The fraction of sp³-hybridized carbons (Fsp3) is 0.278. The van der Waals surface area contributed by atoms with Gasteiger partial charge in [-0.3, -0.25) is 18.7 Å². The molecule has 0 saturated carbocycles. The Balaban J connectivity index is 0.000000170. The van der Waals surface area contributed by atoms with Crippen molar-refractivity contribution in [1.29, 1.82) is 0 Å². The number of imidazole rings is 2. The van der Waals surface area contributed by atoms with Gasteiger partial charge >= 0.3 is 24.7 Å². The van der Waals surface area contributed by atoms with E-state index in [2.05, 4.69) is 60.6 Å². The Labute approximate surface area is 346 Å². The van der Waals surface area contributed by atoms with Gasteiger partial charge in [-0.15, -0.1) is 10.2 Å². The largest absolute Gasteiger partial charge is 0.437 e. The second-order valence-electron chi connectivity index (χ2n) is 12.6. The van der Waals surface area contributed by atoms with E-state index < -0.39 is 24.7 Å². The highest BCUT2D eigenvalue weighted by atomic mass is 79.9. The first kappa shape index (κ1) is 43.4. The molecule has 20 nitrogen and oxygen atoms in total. The Hall–Kier alpha value is -7.18. The summed E-state index contributed by atoms with van der Waals surface area (Å²) in [6.07, 6.45) is 6.97. The summed E-state index contributed by atoms with van der Waals surface area (Å²) >= 11 is 3.29. The molecule has 61 heavy (non-hydrogen) atoms. The average Bonchev–Trinajstić information content (AvgIpc) is 4.01. The monoisotopic (exact) mass is 916 g/mol. The van der Waals surface area contributed by atoms with E-state index >= 15 is 0 Å². The number of nitrogens with one attached hydrogen (secondary N) is 1. The van der Waals surface area contributed by atoms with Crippen LogP contribution in [0.2, 0.25) is 0 Å². The van der Waals surface area contributed by atoms with Crippen LogP contribution in [0, 0.1) is 0 Å². The van der Waals surface area contributed by atoms with Gasteiger partial charge in [0, 0.05) is 19.4 Å². The second kappa shape index (κ2) is 19.7. The lowest BCUT2D eigenvalue weighted by molar-refractivity contribution is -0.0505. The number of ether oxygens (including phenoxy) is 2. The van der Waals surface area contributed by atoms with E-state index in [0.29, 0.717) is 28.7 Å². The number of H-pyrrole nitrogens is 1. The summed E-state index contributed by atoms with van der Waals surface area (Å²) < 4.78 is 73.1. The molecule has 1 N–H and O–H groups in total. The average molecular weight is 918 g/mol. The molecule has 0 aliphatic heterocycles. The van der Waals surface area contributed by atoms with Crippen LogP contribution >= 0.6 is 15.9 Å². The highest BCUT2D eigenvalue weighted by molar-refractivity contribution is 9.09. The van der Waals surface area contributed by atoms with E-state index in [1.165, 1.54) is 46.6 Å². The molecule has 0 fully saturated rings. The molecule has 25 heteroatoms. The Morgan fingerprint density at radius 1 is 0.672 bits per heavy atom. The molecular weight excluding hydrogens is 884 g/mol. The zero-order chi connectivity index (χ0) is 43.6. The molecule has 6 heterocycles. The predicted molar refractivity (Wildman–Crippen MR) is 209 cm³/mol. The van der Waals surface area contributed by atoms with Gasteiger partial charge in [0.2, 0.25) is 11.8 Å². The molecule has 0 unspecified atom stereocenters. The molecule has 0 atom stereocenters. The number of alkyl halides is 5. The minimum atomic E-state index is -2.88. The minimum absolute atomic E-state index is 0.0334. The molecular formula is C36H33BrF4N12O8. The molecule has 2 aromatic carbocycles. The van der Waals surface area contributed by atoms with Gasteiger partial charge in [-0.1, -0.05) is 40.2 Å². The second-order valence-corrected chi connectivity index (χ2v) is 13.4. The van der Waals surface area contributed by atoms with Crippen molar-refractivity contribution in [2.75, 3.05) is 5.33 Å². The van der Waals surface area contributed by atoms with Crippen LogP contribution in [0.3, 0.4) is 0 Å². The molecule has 0 spiro atoms. The molecule has 8 rings (SSSR count). The number of rotatable bonds is 13. The molecule has 0 radical (unpaired) electrons. The van der Waals surface area contributed by atoms with Gasteiger partial charge in [-0.05, 0) is 48.2 Å². The van der Waals surface area contributed by atoms with E-state index in [1.54, 1.807) is 59.6 Å². The first-order valence-electron chi connectivity index (χ1n) is 17.8. The number of benzene rings is 2. The fourth-order valence-electron chi connectivity index (χ4n) is 5.56. The third-order valence-corrected chi connectivity index (χ3v) is 8.83. The van der Waals surface area contributed by atoms with Gasteiger partial charge in [0.05, 0.1) is 19.2 Å². The number of fused-ring (bicyclic) bond motifs is 2. The SMILES string of the molecule is Cn1cnc2ncn(Cc3n[nH]c(=O)o3)c(=O)c21.Cn1cnc2ncn(Cc3nn(CCc4ccc(OC(F)F)cc4)c(=O)o3)c(=O)c21.FC(F)Oc1ccc(CCBr)cc1. The third kappa shape index (κ3) is 11.3. The number of nitrogens with zero attached hydrogens (tertiary/aromatic N) is 11. The lowest BCUT2D eigenvalue weighted by atomic mass is 10.1. The van der Waals surface area contributed by atoms with Crippen LogP contribution in [0.15, 0.2) is 102 Å². The summed E-state index contributed by atoms with van der Waals surface area (Å²) in [6, 6.07) is 12.7. The summed E-state index contributed by atoms with van der Waals surface area (Å²) in [5.74, 6) is -0.887. The van der Waals surface area contributed by atoms with Gasteiger partial charge in [-0.2, -0.15) is 22.2 Å². The first-order valence-corrected chi connectivity index (χ1v) is 18.9. The highest BCUT2D eigenvalue weighted by Gasteiger charge is 2.14. The van der Waals surface area contributed by atoms with Crippen molar-refractivity contribution in [2.24, 2.45) is 14.1 Å². The lowest BCUT2D eigenvalue weighted by Gasteiger charge is -2.05. The normalized spacial score (nSPS) is 11.2. The first-order chi connectivity index (χ1) is 29.3. The zero-order valence-corrected chi connectivity index (χ0v) is 33.5. The van der Waals surface area contributed by atoms with Crippen molar-refractivity contribution in [3.63, 3.8) is 0 Å². The maximum absolute atomic E-state index is 12.6. The minimum Gasteiger partial charge on any atom is -0.435 e. The smallest absolute Gasteiger partial charge is 0.435 e. The molecule has 0 amide bonds. The van der Waals surface area contributed by atoms with Crippen molar-refractivity contribution >= 4 is 38.3 Å². The van der Waals surface area contributed by atoms with Gasteiger partial charge < -0.3 is 27.4 Å². The summed E-state index contributed by atoms with van der Waals surface area (Å²) in [7, 11) is 3.39. The highest BCUT2D eigenvalue weighted by Crippen LogP contribution is 2.17. The summed E-state index contributed by atoms with van der Waals surface area (Å²) in [5.41, 5.74) is 2.72. The summed E-state index contributed by atoms with van der Waals surface area (Å²) in [6.45, 7) is -5.45. The summed E-state index contributed by atoms with van der Waals surface area (Å²) in [4.78, 5) is 63.7. The van der Waals surface area contributed by atoms with Crippen molar-refractivity contribution in [1.82, 2.24) is 58.2 Å².